The van der Waals surface area contributed by atoms with E-state index in [0.717, 1.165) is 53.2 Å². The van der Waals surface area contributed by atoms with E-state index in [9.17, 15) is 0 Å². The predicted octanol–water partition coefficient (Wildman–Crippen LogP) is 3.39. The quantitative estimate of drug-likeness (QED) is 0.926. The predicted molar refractivity (Wildman–Crippen MR) is 80.9 cm³/mol. The summed E-state index contributed by atoms with van der Waals surface area (Å²) >= 11 is 0. The molecule has 0 radical (unpaired) electrons. The van der Waals surface area contributed by atoms with Gasteiger partial charge >= 0.3 is 0 Å². The van der Waals surface area contributed by atoms with Gasteiger partial charge in [-0.3, -0.25) is 4.98 Å². The van der Waals surface area contributed by atoms with Crippen molar-refractivity contribution in [1.82, 2.24) is 4.98 Å². The van der Waals surface area contributed by atoms with E-state index in [4.69, 9.17) is 14.5 Å². The Morgan fingerprint density at radius 3 is 2.55 bits per heavy atom. The first-order valence-corrected chi connectivity index (χ1v) is 7.29. The highest BCUT2D eigenvalue weighted by atomic mass is 16.6. The first kappa shape index (κ1) is 13.0. The Bertz CT molecular complexity index is 625. The fourth-order valence-corrected chi connectivity index (χ4v) is 2.40. The second-order valence-electron chi connectivity index (χ2n) is 4.95. The molecule has 0 saturated carbocycles. The maximum atomic E-state index is 5.67. The van der Waals surface area contributed by atoms with E-state index in [2.05, 4.69) is 25.2 Å². The third-order valence-electron chi connectivity index (χ3n) is 3.45. The summed E-state index contributed by atoms with van der Waals surface area (Å²) in [5.41, 5.74) is 3.19. The van der Waals surface area contributed by atoms with Gasteiger partial charge in [-0.05, 0) is 25.0 Å². The molecule has 2 aromatic rings. The molecular formula is C16H20N2O2. The number of aromatic nitrogens is 1. The van der Waals surface area contributed by atoms with Crippen LogP contribution in [0.5, 0.6) is 11.5 Å². The summed E-state index contributed by atoms with van der Waals surface area (Å²) in [6, 6.07) is 6.16. The number of hydrogen-bond acceptors (Lipinski definition) is 4. The minimum absolute atomic E-state index is 0.604. The van der Waals surface area contributed by atoms with E-state index in [1.54, 1.807) is 0 Å². The normalized spacial score (nSPS) is 13.5. The Balaban J connectivity index is 2.14. The summed E-state index contributed by atoms with van der Waals surface area (Å²) < 4.78 is 11.3. The summed E-state index contributed by atoms with van der Waals surface area (Å²) in [4.78, 5) is 4.69. The molecule has 20 heavy (non-hydrogen) atoms. The Kier molecular flexibility index (Phi) is 3.63. The molecule has 1 aromatic carbocycles. The number of hydrogen-bond donors (Lipinski definition) is 1. The van der Waals surface area contributed by atoms with Gasteiger partial charge in [-0.25, -0.2) is 0 Å². The number of pyridine rings is 1. The first-order valence-electron chi connectivity index (χ1n) is 7.29. The first-order chi connectivity index (χ1) is 9.81. The third kappa shape index (κ3) is 2.38. The summed E-state index contributed by atoms with van der Waals surface area (Å²) in [5.74, 6) is 1.61. The Hall–Kier alpha value is -1.97. The second kappa shape index (κ2) is 5.57. The molecule has 0 bridgehead atoms. The molecular weight excluding hydrogens is 252 g/mol. The smallest absolute Gasteiger partial charge is 0.163 e. The van der Waals surface area contributed by atoms with Crippen molar-refractivity contribution >= 4 is 16.6 Å². The van der Waals surface area contributed by atoms with Crippen molar-refractivity contribution in [3.05, 3.63) is 23.9 Å². The number of anilines is 1. The van der Waals surface area contributed by atoms with Gasteiger partial charge in [0.1, 0.15) is 13.2 Å². The number of ether oxygens (including phenoxy) is 2. The molecule has 0 saturated heterocycles. The molecule has 106 valence electrons. The minimum Gasteiger partial charge on any atom is -0.486 e. The zero-order chi connectivity index (χ0) is 13.9. The molecule has 1 N–H and O–H groups in total. The summed E-state index contributed by atoms with van der Waals surface area (Å²) in [6.45, 7) is 6.45. The SMILES string of the molecule is CCCNc1cc(CC)nc2cc3c(cc12)OCCO3. The number of fused-ring (bicyclic) bond motifs is 2. The van der Waals surface area contributed by atoms with E-state index in [0.29, 0.717) is 13.2 Å². The van der Waals surface area contributed by atoms with Crippen molar-refractivity contribution in [1.29, 1.82) is 0 Å². The zero-order valence-corrected chi connectivity index (χ0v) is 12.0. The van der Waals surface area contributed by atoms with Gasteiger partial charge in [0.05, 0.1) is 5.52 Å². The highest BCUT2D eigenvalue weighted by molar-refractivity contribution is 5.94. The van der Waals surface area contributed by atoms with Gasteiger partial charge in [-0.15, -0.1) is 0 Å². The molecule has 0 unspecified atom stereocenters. The molecule has 1 aliphatic rings. The lowest BCUT2D eigenvalue weighted by Gasteiger charge is -2.20. The topological polar surface area (TPSA) is 43.4 Å². The highest BCUT2D eigenvalue weighted by Gasteiger charge is 2.15. The van der Waals surface area contributed by atoms with E-state index in [-0.39, 0.29) is 0 Å². The van der Waals surface area contributed by atoms with E-state index >= 15 is 0 Å². The monoisotopic (exact) mass is 272 g/mol. The Morgan fingerprint density at radius 2 is 1.85 bits per heavy atom. The molecule has 0 fully saturated rings. The van der Waals surface area contributed by atoms with Crippen LogP contribution in [0.4, 0.5) is 5.69 Å². The second-order valence-corrected chi connectivity index (χ2v) is 4.95. The fraction of sp³-hybridized carbons (Fsp3) is 0.438. The van der Waals surface area contributed by atoms with Crippen molar-refractivity contribution in [2.24, 2.45) is 0 Å². The highest BCUT2D eigenvalue weighted by Crippen LogP contribution is 2.36. The van der Waals surface area contributed by atoms with Gasteiger partial charge in [0.25, 0.3) is 0 Å². The molecule has 1 aromatic heterocycles. The van der Waals surface area contributed by atoms with Crippen LogP contribution in [0.3, 0.4) is 0 Å². The molecule has 1 aliphatic heterocycles. The maximum Gasteiger partial charge on any atom is 0.163 e. The van der Waals surface area contributed by atoms with Crippen LogP contribution in [0, 0.1) is 0 Å². The van der Waals surface area contributed by atoms with Gasteiger partial charge in [0.2, 0.25) is 0 Å². The van der Waals surface area contributed by atoms with E-state index in [1.807, 2.05) is 12.1 Å². The zero-order valence-electron chi connectivity index (χ0n) is 12.0. The molecule has 0 aliphatic carbocycles. The molecule has 2 heterocycles. The lowest BCUT2D eigenvalue weighted by molar-refractivity contribution is 0.172. The van der Waals surface area contributed by atoms with Crippen molar-refractivity contribution in [3.8, 4) is 11.5 Å². The standard InChI is InChI=1S/C16H20N2O2/c1-3-5-17-13-8-11(4-2)18-14-10-16-15(9-12(13)14)19-6-7-20-16/h8-10H,3-7H2,1-2H3,(H,17,18). The Labute approximate surface area is 119 Å². The summed E-state index contributed by atoms with van der Waals surface area (Å²) in [5, 5.41) is 4.58. The van der Waals surface area contributed by atoms with Crippen molar-refractivity contribution in [2.45, 2.75) is 26.7 Å². The lowest BCUT2D eigenvalue weighted by atomic mass is 10.1. The van der Waals surface area contributed by atoms with Crippen LogP contribution >= 0.6 is 0 Å². The molecule has 0 spiro atoms. The van der Waals surface area contributed by atoms with Crippen molar-refractivity contribution < 1.29 is 9.47 Å². The van der Waals surface area contributed by atoms with Crippen LogP contribution in [0.2, 0.25) is 0 Å². The maximum absolute atomic E-state index is 5.67. The molecule has 0 atom stereocenters. The van der Waals surface area contributed by atoms with Crippen LogP contribution in [0.25, 0.3) is 10.9 Å². The van der Waals surface area contributed by atoms with Crippen LogP contribution in [-0.4, -0.2) is 24.7 Å². The number of aryl methyl sites for hydroxylation is 1. The van der Waals surface area contributed by atoms with Crippen LogP contribution in [-0.2, 0) is 6.42 Å². The third-order valence-corrected chi connectivity index (χ3v) is 3.45. The van der Waals surface area contributed by atoms with Crippen LogP contribution in [0.15, 0.2) is 18.2 Å². The summed E-state index contributed by atoms with van der Waals surface area (Å²) in [7, 11) is 0. The average molecular weight is 272 g/mol. The van der Waals surface area contributed by atoms with Crippen LogP contribution in [0.1, 0.15) is 26.0 Å². The lowest BCUT2D eigenvalue weighted by Crippen LogP contribution is -2.15. The molecule has 4 nitrogen and oxygen atoms in total. The number of nitrogens with zero attached hydrogens (tertiary/aromatic N) is 1. The summed E-state index contributed by atoms with van der Waals surface area (Å²) in [6.07, 6.45) is 2.01. The molecule has 4 heteroatoms. The van der Waals surface area contributed by atoms with Gasteiger partial charge in [0, 0.05) is 29.4 Å². The van der Waals surface area contributed by atoms with Gasteiger partial charge in [0.15, 0.2) is 11.5 Å². The van der Waals surface area contributed by atoms with Gasteiger partial charge < -0.3 is 14.8 Å². The van der Waals surface area contributed by atoms with Gasteiger partial charge in [-0.1, -0.05) is 13.8 Å². The average Bonchev–Trinajstić information content (AvgIpc) is 2.50. The molecule has 3 rings (SSSR count). The van der Waals surface area contributed by atoms with E-state index < -0.39 is 0 Å². The fourth-order valence-electron chi connectivity index (χ4n) is 2.40. The van der Waals surface area contributed by atoms with Gasteiger partial charge in [-0.2, -0.15) is 0 Å². The number of nitrogens with one attached hydrogen (secondary N) is 1. The van der Waals surface area contributed by atoms with Crippen molar-refractivity contribution in [2.75, 3.05) is 25.1 Å². The Morgan fingerprint density at radius 1 is 1.10 bits per heavy atom. The molecule has 0 amide bonds. The van der Waals surface area contributed by atoms with E-state index in [1.165, 1.54) is 0 Å². The number of rotatable bonds is 4. The van der Waals surface area contributed by atoms with Crippen LogP contribution < -0.4 is 14.8 Å². The van der Waals surface area contributed by atoms with Crippen molar-refractivity contribution in [3.63, 3.8) is 0 Å². The minimum atomic E-state index is 0.604. The largest absolute Gasteiger partial charge is 0.486 e. The number of benzene rings is 1.